The Morgan fingerprint density at radius 2 is 1.96 bits per heavy atom. The lowest BCUT2D eigenvalue weighted by Gasteiger charge is -2.34. The molecule has 9 heteroatoms. The number of aryl methyl sites for hydroxylation is 1. The van der Waals surface area contributed by atoms with E-state index in [-0.39, 0.29) is 23.4 Å². The summed E-state index contributed by atoms with van der Waals surface area (Å²) in [4.78, 5) is 21.2. The van der Waals surface area contributed by atoms with E-state index in [1.807, 2.05) is 0 Å². The Balaban J connectivity index is 1.93. The molecule has 1 aliphatic carbocycles. The number of fused-ring (bicyclic) bond motifs is 4. The van der Waals surface area contributed by atoms with E-state index >= 15 is 0 Å². The van der Waals surface area contributed by atoms with E-state index in [0.717, 1.165) is 12.1 Å². The van der Waals surface area contributed by atoms with Gasteiger partial charge in [-0.15, -0.1) is 0 Å². The highest BCUT2D eigenvalue weighted by molar-refractivity contribution is 6.14. The highest BCUT2D eigenvalue weighted by Gasteiger charge is 2.51. The minimum Gasteiger partial charge on any atom is -0.364 e. The maximum absolute atomic E-state index is 13.3. The van der Waals surface area contributed by atoms with Gasteiger partial charge in [0, 0.05) is 17.5 Å². The first kappa shape index (κ1) is 18.5. The average molecular weight is 395 g/mol. The molecule has 0 radical (unpaired) electrons. The summed E-state index contributed by atoms with van der Waals surface area (Å²) in [6.45, 7) is -0.766. The van der Waals surface area contributed by atoms with Crippen molar-refractivity contribution in [2.45, 2.75) is 30.9 Å². The molecule has 2 heterocycles. The summed E-state index contributed by atoms with van der Waals surface area (Å²) in [5.41, 5.74) is -0.840. The third kappa shape index (κ3) is 2.76. The Bertz CT molecular complexity index is 986. The van der Waals surface area contributed by atoms with Gasteiger partial charge in [0.05, 0.1) is 12.1 Å². The summed E-state index contributed by atoms with van der Waals surface area (Å²) in [5.74, 6) is -0.820. The second-order valence-corrected chi connectivity index (χ2v) is 6.70. The third-order valence-corrected chi connectivity index (χ3v) is 5.15. The molecule has 28 heavy (non-hydrogen) atoms. The van der Waals surface area contributed by atoms with Crippen molar-refractivity contribution < 1.29 is 26.7 Å². The quantitative estimate of drug-likeness (QED) is 0.793. The number of pyridine rings is 1. The Hall–Kier alpha value is -2.84. The number of halogens is 5. The Labute approximate surface area is 156 Å². The van der Waals surface area contributed by atoms with Gasteiger partial charge in [0.15, 0.2) is 0 Å². The van der Waals surface area contributed by atoms with Crippen molar-refractivity contribution in [2.24, 2.45) is 4.99 Å². The van der Waals surface area contributed by atoms with E-state index in [1.165, 1.54) is 6.07 Å². The minimum atomic E-state index is -4.61. The first-order valence-electron chi connectivity index (χ1n) is 8.55. The monoisotopic (exact) mass is 395 g/mol. The summed E-state index contributed by atoms with van der Waals surface area (Å²) < 4.78 is 65.2. The molecule has 146 valence electrons. The van der Waals surface area contributed by atoms with E-state index < -0.39 is 36.0 Å². The van der Waals surface area contributed by atoms with Crippen LogP contribution in [0.4, 0.5) is 22.0 Å². The molecule has 0 fully saturated rings. The first-order valence-corrected chi connectivity index (χ1v) is 8.55. The zero-order valence-electron chi connectivity index (χ0n) is 14.4. The highest BCUT2D eigenvalue weighted by atomic mass is 19.4. The fraction of sp³-hybridized carbons (Fsp3) is 0.316. The molecule has 0 saturated carbocycles. The van der Waals surface area contributed by atoms with Crippen molar-refractivity contribution in [1.29, 1.82) is 0 Å². The molecule has 1 spiro atoms. The van der Waals surface area contributed by atoms with Gasteiger partial charge >= 0.3 is 6.18 Å². The number of hydrogen-bond acceptors (Lipinski definition) is 3. The summed E-state index contributed by atoms with van der Waals surface area (Å²) in [6.07, 6.45) is -5.13. The average Bonchev–Trinajstić information content (AvgIpc) is 3.03. The number of alkyl halides is 5. The van der Waals surface area contributed by atoms with Crippen LogP contribution in [0.3, 0.4) is 0 Å². The molecule has 1 aromatic carbocycles. The lowest BCUT2D eigenvalue weighted by atomic mass is 9.71. The van der Waals surface area contributed by atoms with E-state index in [1.54, 1.807) is 18.3 Å². The van der Waals surface area contributed by atoms with Gasteiger partial charge in [-0.05, 0) is 42.2 Å². The number of amidine groups is 1. The highest BCUT2D eigenvalue weighted by Crippen LogP contribution is 2.48. The zero-order valence-corrected chi connectivity index (χ0v) is 14.4. The Morgan fingerprint density at radius 1 is 1.18 bits per heavy atom. The summed E-state index contributed by atoms with van der Waals surface area (Å²) in [5, 5.41) is 2.38. The summed E-state index contributed by atoms with van der Waals surface area (Å²) >= 11 is 0. The maximum atomic E-state index is 13.3. The molecular weight excluding hydrogens is 381 g/mol. The lowest BCUT2D eigenvalue weighted by Crippen LogP contribution is -2.43. The van der Waals surface area contributed by atoms with Crippen LogP contribution in [0.15, 0.2) is 41.5 Å². The van der Waals surface area contributed by atoms with Gasteiger partial charge in [0.1, 0.15) is 11.3 Å². The van der Waals surface area contributed by atoms with E-state index in [9.17, 15) is 26.7 Å². The SMILES string of the molecule is O=C1N=C(NCC(F)F)c2ccc(C(F)(F)F)cc2C12CCc1ncccc12. The van der Waals surface area contributed by atoms with Crippen molar-refractivity contribution in [2.75, 3.05) is 6.54 Å². The van der Waals surface area contributed by atoms with Crippen LogP contribution in [0.5, 0.6) is 0 Å². The number of aliphatic imine (C=N–C) groups is 1. The number of amides is 1. The third-order valence-electron chi connectivity index (χ3n) is 5.15. The largest absolute Gasteiger partial charge is 0.416 e. The normalized spacial score (nSPS) is 20.9. The number of hydrogen-bond donors (Lipinski definition) is 1. The number of carbonyl (C=O) groups is 1. The van der Waals surface area contributed by atoms with Crippen LogP contribution in [0, 0.1) is 0 Å². The fourth-order valence-electron chi connectivity index (χ4n) is 3.93. The second kappa shape index (κ2) is 6.35. The summed E-state index contributed by atoms with van der Waals surface area (Å²) in [7, 11) is 0. The Kier molecular flexibility index (Phi) is 4.20. The van der Waals surface area contributed by atoms with Crippen molar-refractivity contribution in [3.63, 3.8) is 0 Å². The minimum absolute atomic E-state index is 0.117. The molecule has 1 aromatic heterocycles. The van der Waals surface area contributed by atoms with Gasteiger partial charge in [-0.1, -0.05) is 12.1 Å². The van der Waals surface area contributed by atoms with Crippen molar-refractivity contribution >= 4 is 11.7 Å². The van der Waals surface area contributed by atoms with Crippen LogP contribution in [0.2, 0.25) is 0 Å². The maximum Gasteiger partial charge on any atom is 0.416 e. The predicted molar refractivity (Wildman–Crippen MR) is 90.3 cm³/mol. The molecule has 4 rings (SSSR count). The van der Waals surface area contributed by atoms with Crippen LogP contribution >= 0.6 is 0 Å². The fourth-order valence-corrected chi connectivity index (χ4v) is 3.93. The molecular formula is C19H14F5N3O. The number of aromatic nitrogens is 1. The molecule has 1 unspecified atom stereocenters. The van der Waals surface area contributed by atoms with Crippen LogP contribution < -0.4 is 5.32 Å². The number of nitrogens with zero attached hydrogens (tertiary/aromatic N) is 2. The summed E-state index contributed by atoms with van der Waals surface area (Å²) in [6, 6.07) is 6.23. The number of carbonyl (C=O) groups excluding carboxylic acids is 1. The molecule has 1 aliphatic heterocycles. The second-order valence-electron chi connectivity index (χ2n) is 6.70. The van der Waals surface area contributed by atoms with Crippen molar-refractivity contribution in [3.05, 3.63) is 64.5 Å². The van der Waals surface area contributed by atoms with Gasteiger partial charge in [0.2, 0.25) is 0 Å². The molecule has 0 bridgehead atoms. The first-order chi connectivity index (χ1) is 13.2. The van der Waals surface area contributed by atoms with Crippen molar-refractivity contribution in [3.8, 4) is 0 Å². The molecule has 1 amide bonds. The van der Waals surface area contributed by atoms with E-state index in [0.29, 0.717) is 17.7 Å². The number of nitrogens with one attached hydrogen (secondary N) is 1. The van der Waals surface area contributed by atoms with E-state index in [2.05, 4.69) is 15.3 Å². The lowest BCUT2D eigenvalue weighted by molar-refractivity contribution is -0.137. The zero-order chi connectivity index (χ0) is 20.1. The Morgan fingerprint density at radius 3 is 2.68 bits per heavy atom. The van der Waals surface area contributed by atoms with Crippen molar-refractivity contribution in [1.82, 2.24) is 10.3 Å². The van der Waals surface area contributed by atoms with Gasteiger partial charge in [-0.2, -0.15) is 18.2 Å². The molecule has 2 aliphatic rings. The van der Waals surface area contributed by atoms with Gasteiger partial charge in [-0.3, -0.25) is 9.78 Å². The van der Waals surface area contributed by atoms with Gasteiger partial charge < -0.3 is 5.32 Å². The van der Waals surface area contributed by atoms with Crippen LogP contribution in [-0.2, 0) is 22.8 Å². The standard InChI is InChI=1S/C19H14F5N3O/c20-15(21)9-26-16-11-4-3-10(19(22,23)24)8-13(11)18(17(28)27-16)6-5-14-12(18)2-1-7-25-14/h1-4,7-8,15H,5-6,9H2,(H,26,27,28). The number of benzene rings is 1. The molecule has 1 N–H and O–H groups in total. The molecule has 2 aromatic rings. The molecule has 4 nitrogen and oxygen atoms in total. The van der Waals surface area contributed by atoms with Crippen LogP contribution in [0.1, 0.15) is 34.4 Å². The van der Waals surface area contributed by atoms with Gasteiger partial charge in [0.25, 0.3) is 12.3 Å². The molecule has 1 atom stereocenters. The number of rotatable bonds is 2. The predicted octanol–water partition coefficient (Wildman–Crippen LogP) is 3.47. The molecule has 0 saturated heterocycles. The smallest absolute Gasteiger partial charge is 0.364 e. The van der Waals surface area contributed by atoms with Crippen LogP contribution in [0.25, 0.3) is 0 Å². The van der Waals surface area contributed by atoms with Crippen LogP contribution in [-0.4, -0.2) is 29.7 Å². The van der Waals surface area contributed by atoms with Gasteiger partial charge in [-0.25, -0.2) is 8.78 Å². The van der Waals surface area contributed by atoms with E-state index in [4.69, 9.17) is 0 Å². The topological polar surface area (TPSA) is 54.4 Å².